The highest BCUT2D eigenvalue weighted by atomic mass is 19.1. The number of benzene rings is 1. The van der Waals surface area contributed by atoms with Crippen LogP contribution in [0, 0.1) is 0 Å². The Bertz CT molecular complexity index is 462. The maximum absolute atomic E-state index is 13.2. The number of aryl methyl sites for hydroxylation is 1. The average Bonchev–Trinajstić information content (AvgIpc) is 2.57. The molecule has 80 valence electrons. The fourth-order valence-corrected chi connectivity index (χ4v) is 1.91. The van der Waals surface area contributed by atoms with E-state index in [1.807, 2.05) is 42.1 Å². The lowest BCUT2D eigenvalue weighted by atomic mass is 10.1. The summed E-state index contributed by atoms with van der Waals surface area (Å²) in [7, 11) is 1.97. The van der Waals surface area contributed by atoms with E-state index in [2.05, 4.69) is 0 Å². The van der Waals surface area contributed by atoms with Crippen molar-refractivity contribution in [3.05, 3.63) is 36.0 Å². The summed E-state index contributed by atoms with van der Waals surface area (Å²) in [6.45, 7) is 0.0865. The zero-order valence-electron chi connectivity index (χ0n) is 8.78. The predicted molar refractivity (Wildman–Crippen MR) is 60.6 cm³/mol. The lowest BCUT2D eigenvalue weighted by Crippen LogP contribution is -2.17. The summed E-state index contributed by atoms with van der Waals surface area (Å²) in [6.07, 6.45) is 1.43. The smallest absolute Gasteiger partial charge is 0.116 e. The molecule has 0 aliphatic heterocycles. The van der Waals surface area contributed by atoms with E-state index < -0.39 is 6.17 Å². The Balaban J connectivity index is 2.43. The van der Waals surface area contributed by atoms with Gasteiger partial charge in [0.1, 0.15) is 6.17 Å². The van der Waals surface area contributed by atoms with Crippen molar-refractivity contribution in [1.82, 2.24) is 4.57 Å². The highest BCUT2D eigenvalue weighted by Gasteiger charge is 2.10. The number of aromatic nitrogens is 1. The molecule has 0 amide bonds. The summed E-state index contributed by atoms with van der Waals surface area (Å²) >= 11 is 0. The van der Waals surface area contributed by atoms with E-state index in [0.717, 1.165) is 16.5 Å². The molecule has 1 atom stereocenters. The highest BCUT2D eigenvalue weighted by Crippen LogP contribution is 2.21. The molecule has 2 aromatic rings. The van der Waals surface area contributed by atoms with Crippen molar-refractivity contribution in [1.29, 1.82) is 0 Å². The third kappa shape index (κ3) is 1.88. The Labute approximate surface area is 88.5 Å². The molecule has 0 saturated carbocycles. The van der Waals surface area contributed by atoms with Crippen LogP contribution in [0.1, 0.15) is 5.56 Å². The number of rotatable bonds is 3. The summed E-state index contributed by atoms with van der Waals surface area (Å²) in [4.78, 5) is 0. The topological polar surface area (TPSA) is 30.9 Å². The summed E-state index contributed by atoms with van der Waals surface area (Å²) < 4.78 is 15.2. The molecule has 1 unspecified atom stereocenters. The van der Waals surface area contributed by atoms with Crippen LogP contribution in [0.15, 0.2) is 30.5 Å². The Kier molecular flexibility index (Phi) is 2.73. The van der Waals surface area contributed by atoms with Gasteiger partial charge in [0.15, 0.2) is 0 Å². The third-order valence-electron chi connectivity index (χ3n) is 2.68. The molecule has 0 fully saturated rings. The predicted octanol–water partition coefficient (Wildman–Crippen LogP) is 2.02. The summed E-state index contributed by atoms with van der Waals surface area (Å²) in [5.41, 5.74) is 7.46. The Morgan fingerprint density at radius 3 is 2.87 bits per heavy atom. The molecule has 1 aromatic heterocycles. The molecule has 0 spiro atoms. The maximum Gasteiger partial charge on any atom is 0.116 e. The Hall–Kier alpha value is -1.35. The summed E-state index contributed by atoms with van der Waals surface area (Å²) in [6, 6.07) is 8.02. The Morgan fingerprint density at radius 1 is 1.40 bits per heavy atom. The second-order valence-corrected chi connectivity index (χ2v) is 3.82. The molecule has 0 aliphatic rings. The van der Waals surface area contributed by atoms with Crippen molar-refractivity contribution in [2.75, 3.05) is 6.54 Å². The molecule has 0 aliphatic carbocycles. The number of hydrogen-bond acceptors (Lipinski definition) is 1. The van der Waals surface area contributed by atoms with Crippen molar-refractivity contribution in [3.8, 4) is 0 Å². The maximum atomic E-state index is 13.2. The van der Waals surface area contributed by atoms with Gasteiger partial charge in [0.2, 0.25) is 0 Å². The van der Waals surface area contributed by atoms with Gasteiger partial charge in [0.25, 0.3) is 0 Å². The molecule has 0 radical (unpaired) electrons. The van der Waals surface area contributed by atoms with E-state index in [1.54, 1.807) is 0 Å². The molecule has 3 heteroatoms. The number of nitrogens with zero attached hydrogens (tertiary/aromatic N) is 1. The van der Waals surface area contributed by atoms with E-state index in [-0.39, 0.29) is 6.54 Å². The van der Waals surface area contributed by atoms with Gasteiger partial charge in [-0.15, -0.1) is 0 Å². The first-order valence-electron chi connectivity index (χ1n) is 5.09. The van der Waals surface area contributed by atoms with Gasteiger partial charge < -0.3 is 10.3 Å². The van der Waals surface area contributed by atoms with E-state index in [9.17, 15) is 4.39 Å². The fraction of sp³-hybridized carbons (Fsp3) is 0.333. The zero-order valence-corrected chi connectivity index (χ0v) is 8.78. The number of halogens is 1. The number of para-hydroxylation sites is 1. The first-order chi connectivity index (χ1) is 7.22. The van der Waals surface area contributed by atoms with Gasteiger partial charge in [0, 0.05) is 37.1 Å². The van der Waals surface area contributed by atoms with E-state index in [0.29, 0.717) is 6.42 Å². The van der Waals surface area contributed by atoms with Crippen LogP contribution in [0.3, 0.4) is 0 Å². The number of alkyl halides is 1. The largest absolute Gasteiger partial charge is 0.350 e. The minimum Gasteiger partial charge on any atom is -0.350 e. The van der Waals surface area contributed by atoms with Crippen molar-refractivity contribution in [3.63, 3.8) is 0 Å². The van der Waals surface area contributed by atoms with Crippen molar-refractivity contribution in [2.45, 2.75) is 12.6 Å². The SMILES string of the molecule is Cn1cc(CC(F)CN)c2ccccc21. The van der Waals surface area contributed by atoms with Crippen LogP contribution >= 0.6 is 0 Å². The van der Waals surface area contributed by atoms with Gasteiger partial charge in [0.05, 0.1) is 0 Å². The molecule has 1 aromatic carbocycles. The van der Waals surface area contributed by atoms with E-state index >= 15 is 0 Å². The van der Waals surface area contributed by atoms with Crippen LogP contribution in [0.2, 0.25) is 0 Å². The van der Waals surface area contributed by atoms with Crippen LogP contribution < -0.4 is 5.73 Å². The number of fused-ring (bicyclic) bond motifs is 1. The molecule has 2 N–H and O–H groups in total. The normalized spacial score (nSPS) is 13.3. The first kappa shape index (κ1) is 10.2. The van der Waals surface area contributed by atoms with Gasteiger partial charge in [-0.2, -0.15) is 0 Å². The minimum absolute atomic E-state index is 0.0865. The van der Waals surface area contributed by atoms with E-state index in [1.165, 1.54) is 0 Å². The Morgan fingerprint density at radius 2 is 2.13 bits per heavy atom. The second-order valence-electron chi connectivity index (χ2n) is 3.82. The standard InChI is InChI=1S/C12H15FN2/c1-15-8-9(6-10(13)7-14)11-4-2-3-5-12(11)15/h2-5,8,10H,6-7,14H2,1H3. The number of hydrogen-bond donors (Lipinski definition) is 1. The molecule has 2 rings (SSSR count). The highest BCUT2D eigenvalue weighted by molar-refractivity contribution is 5.83. The molecule has 0 bridgehead atoms. The lowest BCUT2D eigenvalue weighted by molar-refractivity contribution is 0.341. The zero-order chi connectivity index (χ0) is 10.8. The van der Waals surface area contributed by atoms with Crippen LogP contribution in [0.5, 0.6) is 0 Å². The monoisotopic (exact) mass is 206 g/mol. The van der Waals surface area contributed by atoms with Gasteiger partial charge in [-0.1, -0.05) is 18.2 Å². The fourth-order valence-electron chi connectivity index (χ4n) is 1.91. The van der Waals surface area contributed by atoms with Gasteiger partial charge in [-0.05, 0) is 11.6 Å². The molecular formula is C12H15FN2. The minimum atomic E-state index is -0.948. The molecule has 2 nitrogen and oxygen atoms in total. The molecular weight excluding hydrogens is 191 g/mol. The average molecular weight is 206 g/mol. The van der Waals surface area contributed by atoms with Gasteiger partial charge in [-0.3, -0.25) is 0 Å². The quantitative estimate of drug-likeness (QED) is 0.818. The van der Waals surface area contributed by atoms with Crippen LogP contribution in [0.4, 0.5) is 4.39 Å². The molecule has 15 heavy (non-hydrogen) atoms. The van der Waals surface area contributed by atoms with Crippen molar-refractivity contribution in [2.24, 2.45) is 12.8 Å². The van der Waals surface area contributed by atoms with Crippen LogP contribution in [-0.4, -0.2) is 17.3 Å². The third-order valence-corrected chi connectivity index (χ3v) is 2.68. The molecule has 1 heterocycles. The van der Waals surface area contributed by atoms with Gasteiger partial charge in [-0.25, -0.2) is 4.39 Å². The van der Waals surface area contributed by atoms with Crippen molar-refractivity contribution >= 4 is 10.9 Å². The van der Waals surface area contributed by atoms with Gasteiger partial charge >= 0.3 is 0 Å². The van der Waals surface area contributed by atoms with Crippen molar-refractivity contribution < 1.29 is 4.39 Å². The first-order valence-corrected chi connectivity index (χ1v) is 5.09. The van der Waals surface area contributed by atoms with Crippen LogP contribution in [0.25, 0.3) is 10.9 Å². The number of nitrogens with two attached hydrogens (primary N) is 1. The summed E-state index contributed by atoms with van der Waals surface area (Å²) in [5.74, 6) is 0. The lowest BCUT2D eigenvalue weighted by Gasteiger charge is -2.02. The van der Waals surface area contributed by atoms with E-state index in [4.69, 9.17) is 5.73 Å². The second kappa shape index (κ2) is 4.03. The molecule has 0 saturated heterocycles. The summed E-state index contributed by atoms with van der Waals surface area (Å²) in [5, 5.41) is 1.12. The van der Waals surface area contributed by atoms with Crippen LogP contribution in [-0.2, 0) is 13.5 Å².